The summed E-state index contributed by atoms with van der Waals surface area (Å²) in [5.41, 5.74) is 2.87. The number of likely N-dealkylation sites (N-methyl/N-ethyl adjacent to an activating group) is 1. The van der Waals surface area contributed by atoms with Gasteiger partial charge in [0.25, 0.3) is 0 Å². The largest absolute Gasteiger partial charge is 0.496 e. The van der Waals surface area contributed by atoms with Crippen molar-refractivity contribution in [3.8, 4) is 5.75 Å². The van der Waals surface area contributed by atoms with E-state index in [9.17, 15) is 9.59 Å². The van der Waals surface area contributed by atoms with Gasteiger partial charge in [-0.05, 0) is 29.8 Å². The second-order valence-corrected chi connectivity index (χ2v) is 7.88. The van der Waals surface area contributed by atoms with Crippen molar-refractivity contribution >= 4 is 38.6 Å². The van der Waals surface area contributed by atoms with Gasteiger partial charge in [0.05, 0.1) is 7.11 Å². The van der Waals surface area contributed by atoms with Crippen LogP contribution in [0.5, 0.6) is 5.75 Å². The predicted molar refractivity (Wildman–Crippen MR) is 117 cm³/mol. The summed E-state index contributed by atoms with van der Waals surface area (Å²) in [6.07, 6.45) is 2.30. The Kier molecular flexibility index (Phi) is 6.59. The fraction of sp³-hybridized carbons (Fsp3) is 0.273. The molecule has 0 saturated heterocycles. The molecule has 0 unspecified atom stereocenters. The lowest BCUT2D eigenvalue weighted by Crippen LogP contribution is -2.47. The molecule has 3 aromatic rings. The number of hydrogen-bond donors (Lipinski definition) is 2. The van der Waals surface area contributed by atoms with Gasteiger partial charge in [0.2, 0.25) is 11.8 Å². The van der Waals surface area contributed by atoms with Gasteiger partial charge in [0, 0.05) is 54.1 Å². The lowest BCUT2D eigenvalue weighted by Gasteiger charge is -2.25. The average Bonchev–Trinajstić information content (AvgIpc) is 3.10. The number of benzene rings is 2. The molecule has 0 aliphatic carbocycles. The van der Waals surface area contributed by atoms with Gasteiger partial charge in [0.1, 0.15) is 11.8 Å². The van der Waals surface area contributed by atoms with Gasteiger partial charge < -0.3 is 19.9 Å². The number of carbonyl (C=O) groups excluding carboxylic acids is 2. The first-order valence-electron chi connectivity index (χ1n) is 9.28. The number of aromatic nitrogens is 1. The van der Waals surface area contributed by atoms with Crippen LogP contribution in [0.1, 0.15) is 18.1 Å². The molecule has 2 aromatic carbocycles. The number of ether oxygens (including phenoxy) is 1. The Bertz CT molecular complexity index is 1030. The lowest BCUT2D eigenvalue weighted by molar-refractivity contribution is -0.135. The maximum atomic E-state index is 13.2. The molecular weight excluding hydrogens is 434 g/mol. The van der Waals surface area contributed by atoms with Crippen LogP contribution < -0.4 is 10.1 Å². The van der Waals surface area contributed by atoms with E-state index < -0.39 is 6.04 Å². The van der Waals surface area contributed by atoms with E-state index in [-0.39, 0.29) is 11.8 Å². The third-order valence-corrected chi connectivity index (χ3v) is 5.29. The number of H-pyrrole nitrogens is 1. The van der Waals surface area contributed by atoms with Crippen LogP contribution in [0.3, 0.4) is 0 Å². The molecule has 152 valence electrons. The molecule has 29 heavy (non-hydrogen) atoms. The van der Waals surface area contributed by atoms with Crippen LogP contribution in [0.2, 0.25) is 0 Å². The molecule has 3 rings (SSSR count). The molecule has 0 aliphatic heterocycles. The summed E-state index contributed by atoms with van der Waals surface area (Å²) in [5, 5.41) is 3.85. The van der Waals surface area contributed by atoms with Crippen LogP contribution in [-0.2, 0) is 22.6 Å². The van der Waals surface area contributed by atoms with Gasteiger partial charge in [-0.15, -0.1) is 0 Å². The van der Waals surface area contributed by atoms with E-state index in [0.29, 0.717) is 18.7 Å². The second-order valence-electron chi connectivity index (χ2n) is 6.97. The average molecular weight is 458 g/mol. The Labute approximate surface area is 178 Å². The first-order chi connectivity index (χ1) is 13.9. The number of aromatic amines is 1. The summed E-state index contributed by atoms with van der Waals surface area (Å²) in [6.45, 7) is 1.79. The maximum absolute atomic E-state index is 13.2. The number of amides is 2. The molecule has 0 spiro atoms. The van der Waals surface area contributed by atoms with Gasteiger partial charge >= 0.3 is 0 Å². The van der Waals surface area contributed by atoms with Crippen molar-refractivity contribution in [1.82, 2.24) is 15.2 Å². The highest BCUT2D eigenvalue weighted by molar-refractivity contribution is 9.10. The summed E-state index contributed by atoms with van der Waals surface area (Å²) in [5.74, 6) is 0.310. The van der Waals surface area contributed by atoms with Crippen molar-refractivity contribution in [3.05, 3.63) is 64.3 Å². The van der Waals surface area contributed by atoms with E-state index in [1.54, 1.807) is 19.1 Å². The van der Waals surface area contributed by atoms with E-state index in [4.69, 9.17) is 4.74 Å². The lowest BCUT2D eigenvalue weighted by atomic mass is 10.0. The quantitative estimate of drug-likeness (QED) is 0.568. The van der Waals surface area contributed by atoms with Crippen molar-refractivity contribution in [1.29, 1.82) is 0 Å². The highest BCUT2D eigenvalue weighted by Gasteiger charge is 2.25. The molecule has 0 fully saturated rings. The summed E-state index contributed by atoms with van der Waals surface area (Å²) in [7, 11) is 3.33. The molecule has 6 nitrogen and oxygen atoms in total. The Morgan fingerprint density at radius 2 is 1.97 bits per heavy atom. The normalized spacial score (nSPS) is 11.9. The number of carbonyl (C=O) groups is 2. The Hall–Kier alpha value is -2.80. The number of hydrogen-bond acceptors (Lipinski definition) is 3. The highest BCUT2D eigenvalue weighted by Crippen LogP contribution is 2.25. The van der Waals surface area contributed by atoms with Crippen LogP contribution in [0, 0.1) is 0 Å². The molecule has 2 N–H and O–H groups in total. The van der Waals surface area contributed by atoms with Crippen molar-refractivity contribution < 1.29 is 14.3 Å². The summed E-state index contributed by atoms with van der Waals surface area (Å²) in [4.78, 5) is 29.8. The fourth-order valence-corrected chi connectivity index (χ4v) is 3.84. The van der Waals surface area contributed by atoms with Crippen LogP contribution in [-0.4, -0.2) is 41.9 Å². The minimum Gasteiger partial charge on any atom is -0.496 e. The number of fused-ring (bicyclic) bond motifs is 1. The Morgan fingerprint density at radius 1 is 1.21 bits per heavy atom. The van der Waals surface area contributed by atoms with E-state index in [1.165, 1.54) is 6.92 Å². The minimum atomic E-state index is -0.658. The van der Waals surface area contributed by atoms with Crippen molar-refractivity contribution in [3.63, 3.8) is 0 Å². The standard InChI is InChI=1S/C22H24BrN3O3/c1-14(27)25-20(11-15-12-24-19-7-5-4-6-18(15)19)22(28)26(2)13-16-10-17(23)8-9-21(16)29-3/h4-10,12,20,24H,11,13H2,1-3H3,(H,25,27)/t20-/m0/s1. The summed E-state index contributed by atoms with van der Waals surface area (Å²) < 4.78 is 6.32. The number of methoxy groups -OCH3 is 1. The van der Waals surface area contributed by atoms with Crippen LogP contribution in [0.4, 0.5) is 0 Å². The van der Waals surface area contributed by atoms with Crippen LogP contribution in [0.25, 0.3) is 10.9 Å². The molecule has 0 bridgehead atoms. The zero-order valence-electron chi connectivity index (χ0n) is 16.7. The zero-order chi connectivity index (χ0) is 21.0. The van der Waals surface area contributed by atoms with Gasteiger partial charge in [-0.1, -0.05) is 34.1 Å². The SMILES string of the molecule is COc1ccc(Br)cc1CN(C)C(=O)[C@H](Cc1c[nH]c2ccccc12)NC(C)=O. The molecule has 1 aromatic heterocycles. The molecule has 1 heterocycles. The van der Waals surface area contributed by atoms with Crippen molar-refractivity contribution in [2.45, 2.75) is 25.9 Å². The molecule has 0 aliphatic rings. The van der Waals surface area contributed by atoms with Crippen molar-refractivity contribution in [2.75, 3.05) is 14.2 Å². The van der Waals surface area contributed by atoms with Crippen LogP contribution in [0.15, 0.2) is 53.1 Å². The van der Waals surface area contributed by atoms with Gasteiger partial charge in [-0.3, -0.25) is 9.59 Å². The third-order valence-electron chi connectivity index (χ3n) is 4.80. The third kappa shape index (κ3) is 4.98. The van der Waals surface area contributed by atoms with E-state index in [0.717, 1.165) is 26.5 Å². The minimum absolute atomic E-state index is 0.160. The van der Waals surface area contributed by atoms with Crippen LogP contribution >= 0.6 is 15.9 Å². The second kappa shape index (κ2) is 9.13. The Morgan fingerprint density at radius 3 is 2.69 bits per heavy atom. The summed E-state index contributed by atoms with van der Waals surface area (Å²) in [6, 6.07) is 12.9. The number of halogens is 1. The predicted octanol–water partition coefficient (Wildman–Crippen LogP) is 3.64. The smallest absolute Gasteiger partial charge is 0.245 e. The monoisotopic (exact) mass is 457 g/mol. The number of para-hydroxylation sites is 1. The van der Waals surface area contributed by atoms with Gasteiger partial charge in [0.15, 0.2) is 0 Å². The van der Waals surface area contributed by atoms with Gasteiger partial charge in [-0.25, -0.2) is 0 Å². The molecular formula is C22H24BrN3O3. The fourth-order valence-electron chi connectivity index (χ4n) is 3.44. The molecule has 7 heteroatoms. The van der Waals surface area contributed by atoms with Gasteiger partial charge in [-0.2, -0.15) is 0 Å². The topological polar surface area (TPSA) is 74.4 Å². The zero-order valence-corrected chi connectivity index (χ0v) is 18.2. The Balaban J connectivity index is 1.81. The van der Waals surface area contributed by atoms with E-state index in [2.05, 4.69) is 26.2 Å². The number of nitrogens with one attached hydrogen (secondary N) is 2. The molecule has 2 amide bonds. The summed E-state index contributed by atoms with van der Waals surface area (Å²) >= 11 is 3.46. The maximum Gasteiger partial charge on any atom is 0.245 e. The molecule has 1 atom stereocenters. The number of nitrogens with zero attached hydrogens (tertiary/aromatic N) is 1. The van der Waals surface area contributed by atoms with E-state index in [1.807, 2.05) is 48.7 Å². The first kappa shape index (κ1) is 20.9. The molecule has 0 saturated carbocycles. The van der Waals surface area contributed by atoms with E-state index >= 15 is 0 Å². The highest BCUT2D eigenvalue weighted by atomic mass is 79.9. The molecule has 0 radical (unpaired) electrons. The first-order valence-corrected chi connectivity index (χ1v) is 10.1. The van der Waals surface area contributed by atoms with Crippen molar-refractivity contribution in [2.24, 2.45) is 0 Å². The number of rotatable bonds is 7.